The third kappa shape index (κ3) is 4.07. The molecule has 4 heteroatoms. The summed E-state index contributed by atoms with van der Waals surface area (Å²) in [6, 6.07) is 2.68. The lowest BCUT2D eigenvalue weighted by Crippen LogP contribution is -2.43. The van der Waals surface area contributed by atoms with E-state index in [2.05, 4.69) is 39.1 Å². The molecule has 0 aliphatic carbocycles. The van der Waals surface area contributed by atoms with E-state index >= 15 is 0 Å². The highest BCUT2D eigenvalue weighted by molar-refractivity contribution is 7.12. The number of ether oxygens (including phenoxy) is 1. The minimum Gasteiger partial charge on any atom is -0.396 e. The van der Waals surface area contributed by atoms with Crippen molar-refractivity contribution in [3.05, 3.63) is 21.4 Å². The van der Waals surface area contributed by atoms with Crippen molar-refractivity contribution in [2.24, 2.45) is 11.3 Å². The SMILES string of the molecule is Cc1cc(C(NCC2(CO)CCOCC2)C(C)C)c(C)s1. The van der Waals surface area contributed by atoms with Gasteiger partial charge in [0.05, 0.1) is 6.61 Å². The van der Waals surface area contributed by atoms with E-state index in [1.54, 1.807) is 0 Å². The van der Waals surface area contributed by atoms with Crippen molar-refractivity contribution in [1.82, 2.24) is 5.32 Å². The van der Waals surface area contributed by atoms with Crippen LogP contribution >= 0.6 is 11.3 Å². The third-order valence-corrected chi connectivity index (χ3v) is 5.65. The van der Waals surface area contributed by atoms with Crippen molar-refractivity contribution in [1.29, 1.82) is 0 Å². The molecule has 0 amide bonds. The minimum atomic E-state index is -0.00956. The van der Waals surface area contributed by atoms with Gasteiger partial charge in [-0.15, -0.1) is 11.3 Å². The van der Waals surface area contributed by atoms with Crippen LogP contribution in [0.15, 0.2) is 6.07 Å². The van der Waals surface area contributed by atoms with Crippen molar-refractivity contribution in [3.63, 3.8) is 0 Å². The highest BCUT2D eigenvalue weighted by Crippen LogP contribution is 2.34. The van der Waals surface area contributed by atoms with Gasteiger partial charge in [-0.05, 0) is 44.2 Å². The zero-order valence-corrected chi connectivity index (χ0v) is 14.6. The fraction of sp³-hybridized carbons (Fsp3) is 0.765. The molecule has 1 atom stereocenters. The maximum atomic E-state index is 9.83. The second-order valence-electron chi connectivity index (χ2n) is 6.74. The van der Waals surface area contributed by atoms with Gasteiger partial charge in [-0.3, -0.25) is 0 Å². The van der Waals surface area contributed by atoms with Crippen LogP contribution in [0.5, 0.6) is 0 Å². The Bertz CT molecular complexity index is 450. The van der Waals surface area contributed by atoms with E-state index in [4.69, 9.17) is 4.74 Å². The van der Waals surface area contributed by atoms with E-state index in [1.165, 1.54) is 15.3 Å². The quantitative estimate of drug-likeness (QED) is 0.845. The zero-order valence-electron chi connectivity index (χ0n) is 13.7. The topological polar surface area (TPSA) is 41.5 Å². The van der Waals surface area contributed by atoms with Crippen LogP contribution in [0.2, 0.25) is 0 Å². The summed E-state index contributed by atoms with van der Waals surface area (Å²) in [6.45, 7) is 11.6. The molecule has 1 aromatic heterocycles. The second-order valence-corrected chi connectivity index (χ2v) is 8.20. The molecule has 0 radical (unpaired) electrons. The van der Waals surface area contributed by atoms with Crippen LogP contribution in [-0.2, 0) is 4.74 Å². The first-order valence-corrected chi connectivity index (χ1v) is 8.78. The lowest BCUT2D eigenvalue weighted by Gasteiger charge is -2.37. The maximum absolute atomic E-state index is 9.83. The highest BCUT2D eigenvalue weighted by atomic mass is 32.1. The predicted molar refractivity (Wildman–Crippen MR) is 88.9 cm³/mol. The Morgan fingerprint density at radius 1 is 1.33 bits per heavy atom. The van der Waals surface area contributed by atoms with Crippen molar-refractivity contribution in [3.8, 4) is 0 Å². The Hall–Kier alpha value is -0.420. The summed E-state index contributed by atoms with van der Waals surface area (Å²) in [5.74, 6) is 0.535. The number of aliphatic hydroxyl groups excluding tert-OH is 1. The van der Waals surface area contributed by atoms with Crippen molar-refractivity contribution >= 4 is 11.3 Å². The van der Waals surface area contributed by atoms with Gasteiger partial charge in [0, 0.05) is 41.0 Å². The summed E-state index contributed by atoms with van der Waals surface area (Å²) in [5.41, 5.74) is 1.41. The monoisotopic (exact) mass is 311 g/mol. The Labute approximate surface area is 132 Å². The van der Waals surface area contributed by atoms with Gasteiger partial charge in [0.2, 0.25) is 0 Å². The number of hydrogen-bond donors (Lipinski definition) is 2. The number of aryl methyl sites for hydroxylation is 2. The average Bonchev–Trinajstić information content (AvgIpc) is 2.78. The lowest BCUT2D eigenvalue weighted by atomic mass is 9.80. The molecule has 0 bridgehead atoms. The largest absolute Gasteiger partial charge is 0.396 e. The van der Waals surface area contributed by atoms with Crippen LogP contribution in [-0.4, -0.2) is 31.5 Å². The van der Waals surface area contributed by atoms with Gasteiger partial charge >= 0.3 is 0 Å². The maximum Gasteiger partial charge on any atom is 0.0501 e. The molecule has 0 spiro atoms. The van der Waals surface area contributed by atoms with Gasteiger partial charge in [0.1, 0.15) is 0 Å². The molecular formula is C17H29NO2S. The van der Waals surface area contributed by atoms with E-state index in [0.717, 1.165) is 32.6 Å². The molecule has 1 aliphatic rings. The van der Waals surface area contributed by atoms with Gasteiger partial charge in [0.25, 0.3) is 0 Å². The Morgan fingerprint density at radius 3 is 2.48 bits per heavy atom. The fourth-order valence-corrected chi connectivity index (χ4v) is 4.16. The van der Waals surface area contributed by atoms with Crippen LogP contribution in [0.1, 0.15) is 48.0 Å². The van der Waals surface area contributed by atoms with Crippen molar-refractivity contribution in [2.75, 3.05) is 26.4 Å². The highest BCUT2D eigenvalue weighted by Gasteiger charge is 2.33. The van der Waals surface area contributed by atoms with E-state index in [-0.39, 0.29) is 12.0 Å². The van der Waals surface area contributed by atoms with Crippen LogP contribution in [0.25, 0.3) is 0 Å². The number of thiophene rings is 1. The molecule has 21 heavy (non-hydrogen) atoms. The summed E-state index contributed by atoms with van der Waals surface area (Å²) in [5, 5.41) is 13.6. The lowest BCUT2D eigenvalue weighted by molar-refractivity contribution is -0.0172. The Kier molecular flexibility index (Phi) is 5.83. The van der Waals surface area contributed by atoms with Gasteiger partial charge in [0.15, 0.2) is 0 Å². The summed E-state index contributed by atoms with van der Waals surface area (Å²) in [4.78, 5) is 2.78. The molecule has 1 aliphatic heterocycles. The summed E-state index contributed by atoms with van der Waals surface area (Å²) >= 11 is 1.87. The molecule has 1 unspecified atom stereocenters. The summed E-state index contributed by atoms with van der Waals surface area (Å²) < 4.78 is 5.45. The third-order valence-electron chi connectivity index (χ3n) is 4.67. The smallest absolute Gasteiger partial charge is 0.0501 e. The van der Waals surface area contributed by atoms with Gasteiger partial charge in [-0.2, -0.15) is 0 Å². The molecule has 0 aromatic carbocycles. The van der Waals surface area contributed by atoms with E-state index in [9.17, 15) is 5.11 Å². The predicted octanol–water partition coefficient (Wildman–Crippen LogP) is 3.44. The van der Waals surface area contributed by atoms with E-state index < -0.39 is 0 Å². The van der Waals surface area contributed by atoms with Gasteiger partial charge in [-0.25, -0.2) is 0 Å². The molecule has 2 heterocycles. The van der Waals surface area contributed by atoms with Gasteiger partial charge < -0.3 is 15.2 Å². The number of nitrogens with one attached hydrogen (secondary N) is 1. The molecule has 1 saturated heterocycles. The summed E-state index contributed by atoms with van der Waals surface area (Å²) in [6.07, 6.45) is 1.89. The first kappa shape index (κ1) is 16.9. The van der Waals surface area contributed by atoms with Crippen LogP contribution in [0, 0.1) is 25.2 Å². The molecule has 120 valence electrons. The van der Waals surface area contributed by atoms with Crippen LogP contribution < -0.4 is 5.32 Å². The fourth-order valence-electron chi connectivity index (χ4n) is 3.19. The Morgan fingerprint density at radius 2 is 2.00 bits per heavy atom. The van der Waals surface area contributed by atoms with Gasteiger partial charge in [-0.1, -0.05) is 13.8 Å². The van der Waals surface area contributed by atoms with Crippen LogP contribution in [0.3, 0.4) is 0 Å². The molecule has 2 N–H and O–H groups in total. The van der Waals surface area contributed by atoms with E-state index in [0.29, 0.717) is 12.0 Å². The number of rotatable bonds is 6. The van der Waals surface area contributed by atoms with Crippen molar-refractivity contribution < 1.29 is 9.84 Å². The molecule has 1 aromatic rings. The molecule has 2 rings (SSSR count). The zero-order chi connectivity index (χ0) is 15.5. The standard InChI is InChI=1S/C17H29NO2S/c1-12(2)16(15-9-13(3)21-14(15)4)18-10-17(11-19)5-7-20-8-6-17/h9,12,16,18-19H,5-8,10-11H2,1-4H3. The minimum absolute atomic E-state index is 0.00956. The average molecular weight is 311 g/mol. The second kappa shape index (κ2) is 7.23. The molecular weight excluding hydrogens is 282 g/mol. The molecule has 0 saturated carbocycles. The summed E-state index contributed by atoms with van der Waals surface area (Å²) in [7, 11) is 0. The molecule has 3 nitrogen and oxygen atoms in total. The Balaban J connectivity index is 2.08. The normalized spacial score (nSPS) is 19.9. The van der Waals surface area contributed by atoms with Crippen LogP contribution in [0.4, 0.5) is 0 Å². The van der Waals surface area contributed by atoms with Crippen molar-refractivity contribution in [2.45, 2.75) is 46.6 Å². The van der Waals surface area contributed by atoms with E-state index in [1.807, 2.05) is 11.3 Å². The number of hydrogen-bond acceptors (Lipinski definition) is 4. The first-order valence-electron chi connectivity index (χ1n) is 7.96. The first-order chi connectivity index (χ1) is 9.97. The molecule has 1 fully saturated rings. The number of aliphatic hydroxyl groups is 1.